The summed E-state index contributed by atoms with van der Waals surface area (Å²) in [5, 5.41) is 11.7. The lowest BCUT2D eigenvalue weighted by Crippen LogP contribution is -2.43. The summed E-state index contributed by atoms with van der Waals surface area (Å²) in [7, 11) is 0. The number of carbonyl (C=O) groups is 2. The molecule has 0 atom stereocenters. The average Bonchev–Trinajstić information content (AvgIpc) is 3.35. The Hall–Kier alpha value is -2.89. The largest absolute Gasteiger partial charge is 0.487 e. The number of hydrogen-bond donors (Lipinski definition) is 2. The van der Waals surface area contributed by atoms with Gasteiger partial charge >= 0.3 is 5.97 Å². The number of nitrogens with one attached hydrogen (secondary N) is 1. The normalized spacial score (nSPS) is 14.7. The maximum atomic E-state index is 12.2. The summed E-state index contributed by atoms with van der Waals surface area (Å²) in [5.74, 6) is -0.714. The van der Waals surface area contributed by atoms with Gasteiger partial charge in [-0.15, -0.1) is 0 Å². The van der Waals surface area contributed by atoms with Gasteiger partial charge in [0.05, 0.1) is 6.20 Å². The van der Waals surface area contributed by atoms with Crippen LogP contribution in [0.2, 0.25) is 0 Å². The van der Waals surface area contributed by atoms with Crippen molar-refractivity contribution in [3.63, 3.8) is 0 Å². The first-order valence-electron chi connectivity index (χ1n) is 7.69. The second kappa shape index (κ2) is 6.31. The summed E-state index contributed by atoms with van der Waals surface area (Å²) >= 11 is 0. The number of carbonyl (C=O) groups excluding carboxylic acids is 1. The molecule has 1 saturated carbocycles. The van der Waals surface area contributed by atoms with Gasteiger partial charge in [0.1, 0.15) is 17.9 Å². The lowest BCUT2D eigenvalue weighted by atomic mass is 10.1. The van der Waals surface area contributed by atoms with Crippen LogP contribution in [0.1, 0.15) is 34.5 Å². The maximum Gasteiger partial charge on any atom is 0.329 e. The molecule has 0 unspecified atom stereocenters. The Bertz CT molecular complexity index is 767. The molecule has 0 bridgehead atoms. The molecule has 0 saturated heterocycles. The highest BCUT2D eigenvalue weighted by Crippen LogP contribution is 2.35. The average molecular weight is 326 g/mol. The van der Waals surface area contributed by atoms with Crippen molar-refractivity contribution >= 4 is 11.9 Å². The van der Waals surface area contributed by atoms with E-state index in [0.717, 1.165) is 11.3 Å². The summed E-state index contributed by atoms with van der Waals surface area (Å²) in [6.45, 7) is 2.20. The number of amides is 1. The number of pyridine rings is 1. The fraction of sp³-hybridized carbons (Fsp3) is 0.278. The van der Waals surface area contributed by atoms with Gasteiger partial charge in [-0.25, -0.2) is 4.79 Å². The van der Waals surface area contributed by atoms with Crippen molar-refractivity contribution < 1.29 is 19.4 Å². The minimum atomic E-state index is -1.09. The lowest BCUT2D eigenvalue weighted by molar-refractivity contribution is -0.140. The molecular weight excluding hydrogens is 308 g/mol. The molecule has 0 radical (unpaired) electrons. The minimum absolute atomic E-state index is 0.302. The summed E-state index contributed by atoms with van der Waals surface area (Å²) in [6, 6.07) is 10.7. The van der Waals surface area contributed by atoms with Gasteiger partial charge in [0.15, 0.2) is 0 Å². The van der Waals surface area contributed by atoms with E-state index < -0.39 is 11.5 Å². The van der Waals surface area contributed by atoms with Crippen molar-refractivity contribution in [2.45, 2.75) is 31.9 Å². The summed E-state index contributed by atoms with van der Waals surface area (Å²) in [6.07, 6.45) is 2.59. The van der Waals surface area contributed by atoms with Crippen molar-refractivity contribution in [2.75, 3.05) is 0 Å². The highest BCUT2D eigenvalue weighted by Gasteiger charge is 2.51. The van der Waals surface area contributed by atoms with E-state index in [1.54, 1.807) is 24.4 Å². The predicted octanol–water partition coefficient (Wildman–Crippen LogP) is 2.32. The Labute approximate surface area is 139 Å². The summed E-state index contributed by atoms with van der Waals surface area (Å²) in [5.41, 5.74) is 1.07. The Morgan fingerprint density at radius 1 is 1.29 bits per heavy atom. The zero-order valence-electron chi connectivity index (χ0n) is 13.3. The Balaban J connectivity index is 1.64. The third-order valence-electron chi connectivity index (χ3n) is 3.99. The number of hydrogen-bond acceptors (Lipinski definition) is 4. The smallest absolute Gasteiger partial charge is 0.329 e. The first-order chi connectivity index (χ1) is 11.5. The van der Waals surface area contributed by atoms with Crippen LogP contribution in [0.25, 0.3) is 0 Å². The highest BCUT2D eigenvalue weighted by molar-refractivity contribution is 5.99. The van der Waals surface area contributed by atoms with Gasteiger partial charge in [0.2, 0.25) is 0 Å². The molecule has 2 N–H and O–H groups in total. The minimum Gasteiger partial charge on any atom is -0.487 e. The molecule has 0 spiro atoms. The molecule has 1 aromatic heterocycles. The molecule has 1 aliphatic rings. The van der Waals surface area contributed by atoms with Crippen LogP contribution >= 0.6 is 0 Å². The molecule has 1 heterocycles. The molecular formula is C18H18N2O4. The van der Waals surface area contributed by atoms with E-state index in [9.17, 15) is 9.59 Å². The predicted molar refractivity (Wildman–Crippen MR) is 86.8 cm³/mol. The number of nitrogens with zero attached hydrogens (tertiary/aromatic N) is 1. The van der Waals surface area contributed by atoms with Crippen LogP contribution < -0.4 is 10.1 Å². The molecule has 2 aromatic rings. The number of carboxylic acids is 1. The standard InChI is InChI=1S/C18H18N2O4/c1-12-5-6-15(10-19-12)24-11-13-3-2-4-14(9-13)16(21)20-18(7-8-18)17(22)23/h2-6,9-10H,7-8,11H2,1H3,(H,20,21)(H,22,23). The lowest BCUT2D eigenvalue weighted by Gasteiger charge is -2.13. The van der Waals surface area contributed by atoms with Crippen LogP contribution in [0.5, 0.6) is 5.75 Å². The van der Waals surface area contributed by atoms with Gasteiger partial charge in [0.25, 0.3) is 5.91 Å². The summed E-state index contributed by atoms with van der Waals surface area (Å²) < 4.78 is 5.64. The fourth-order valence-corrected chi connectivity index (χ4v) is 2.32. The van der Waals surface area contributed by atoms with Gasteiger partial charge in [-0.3, -0.25) is 9.78 Å². The van der Waals surface area contributed by atoms with E-state index in [0.29, 0.717) is 30.8 Å². The van der Waals surface area contributed by atoms with E-state index in [1.807, 2.05) is 25.1 Å². The van der Waals surface area contributed by atoms with Gasteiger partial charge in [-0.05, 0) is 49.6 Å². The number of carboxylic acid groups (broad SMARTS) is 1. The summed E-state index contributed by atoms with van der Waals surface area (Å²) in [4.78, 5) is 27.6. The Morgan fingerprint density at radius 2 is 2.08 bits per heavy atom. The molecule has 1 fully saturated rings. The molecule has 6 heteroatoms. The quantitative estimate of drug-likeness (QED) is 0.850. The van der Waals surface area contributed by atoms with Gasteiger partial charge < -0.3 is 15.2 Å². The molecule has 24 heavy (non-hydrogen) atoms. The molecule has 1 aliphatic carbocycles. The molecule has 124 valence electrons. The number of ether oxygens (including phenoxy) is 1. The van der Waals surface area contributed by atoms with Crippen molar-refractivity contribution in [1.29, 1.82) is 0 Å². The van der Waals surface area contributed by atoms with E-state index in [1.165, 1.54) is 0 Å². The number of benzene rings is 1. The van der Waals surface area contributed by atoms with E-state index >= 15 is 0 Å². The van der Waals surface area contributed by atoms with Gasteiger partial charge in [-0.1, -0.05) is 12.1 Å². The van der Waals surface area contributed by atoms with E-state index in [2.05, 4.69) is 10.3 Å². The third kappa shape index (κ3) is 3.53. The molecule has 3 rings (SSSR count). The fourth-order valence-electron chi connectivity index (χ4n) is 2.32. The first kappa shape index (κ1) is 16.0. The number of aliphatic carboxylic acids is 1. The Morgan fingerprint density at radius 3 is 2.71 bits per heavy atom. The topological polar surface area (TPSA) is 88.5 Å². The van der Waals surface area contributed by atoms with Crippen LogP contribution in [-0.2, 0) is 11.4 Å². The highest BCUT2D eigenvalue weighted by atomic mass is 16.5. The van der Waals surface area contributed by atoms with E-state index in [4.69, 9.17) is 9.84 Å². The van der Waals surface area contributed by atoms with Crippen molar-refractivity contribution in [3.8, 4) is 5.75 Å². The second-order valence-corrected chi connectivity index (χ2v) is 5.97. The maximum absolute atomic E-state index is 12.2. The molecule has 1 aromatic carbocycles. The third-order valence-corrected chi connectivity index (χ3v) is 3.99. The van der Waals surface area contributed by atoms with Crippen LogP contribution in [-0.4, -0.2) is 27.5 Å². The monoisotopic (exact) mass is 326 g/mol. The number of aromatic nitrogens is 1. The van der Waals surface area contributed by atoms with Gasteiger partial charge in [-0.2, -0.15) is 0 Å². The van der Waals surface area contributed by atoms with Crippen molar-refractivity contribution in [1.82, 2.24) is 10.3 Å². The SMILES string of the molecule is Cc1ccc(OCc2cccc(C(=O)NC3(C(=O)O)CC3)c2)cn1. The number of rotatable bonds is 6. The van der Waals surface area contributed by atoms with Crippen LogP contribution in [0, 0.1) is 6.92 Å². The van der Waals surface area contributed by atoms with Crippen LogP contribution in [0.4, 0.5) is 0 Å². The van der Waals surface area contributed by atoms with Crippen LogP contribution in [0.15, 0.2) is 42.6 Å². The zero-order chi connectivity index (χ0) is 17.2. The zero-order valence-corrected chi connectivity index (χ0v) is 13.3. The van der Waals surface area contributed by atoms with Crippen molar-refractivity contribution in [3.05, 3.63) is 59.4 Å². The van der Waals surface area contributed by atoms with Crippen LogP contribution in [0.3, 0.4) is 0 Å². The van der Waals surface area contributed by atoms with E-state index in [-0.39, 0.29) is 5.91 Å². The van der Waals surface area contributed by atoms with Crippen molar-refractivity contribution in [2.24, 2.45) is 0 Å². The molecule has 0 aliphatic heterocycles. The second-order valence-electron chi connectivity index (χ2n) is 5.97. The number of aryl methyl sites for hydroxylation is 1. The van der Waals surface area contributed by atoms with Gasteiger partial charge in [0, 0.05) is 11.3 Å². The molecule has 6 nitrogen and oxygen atoms in total. The first-order valence-corrected chi connectivity index (χ1v) is 7.69. The Kier molecular flexibility index (Phi) is 4.20. The molecule has 1 amide bonds.